The van der Waals surface area contributed by atoms with E-state index in [2.05, 4.69) is 10.1 Å². The zero-order valence-electron chi connectivity index (χ0n) is 10.7. The summed E-state index contributed by atoms with van der Waals surface area (Å²) in [6, 6.07) is 0.557. The second kappa shape index (κ2) is 7.24. The van der Waals surface area contributed by atoms with Crippen LogP contribution in [0.5, 0.6) is 0 Å². The van der Waals surface area contributed by atoms with Crippen molar-refractivity contribution in [3.05, 3.63) is 29.1 Å². The van der Waals surface area contributed by atoms with Gasteiger partial charge < -0.3 is 15.6 Å². The van der Waals surface area contributed by atoms with Gasteiger partial charge in [0, 0.05) is 12.1 Å². The smallest absolute Gasteiger partial charge is 0.299 e. The van der Waals surface area contributed by atoms with Crippen LogP contribution in [0.3, 0.4) is 0 Å². The highest BCUT2D eigenvalue weighted by atomic mass is 35.5. The van der Waals surface area contributed by atoms with Gasteiger partial charge in [0.1, 0.15) is 12.2 Å². The van der Waals surface area contributed by atoms with E-state index in [1.807, 2.05) is 12.2 Å². The van der Waals surface area contributed by atoms with Crippen molar-refractivity contribution in [2.24, 2.45) is 0 Å². The van der Waals surface area contributed by atoms with Crippen molar-refractivity contribution in [1.29, 1.82) is 0 Å². The van der Waals surface area contributed by atoms with E-state index in [9.17, 15) is 0 Å². The highest BCUT2D eigenvalue weighted by Crippen LogP contribution is 2.21. The Bertz CT molecular complexity index is 391. The van der Waals surface area contributed by atoms with Crippen LogP contribution in [-0.4, -0.2) is 23.7 Å². The third-order valence-electron chi connectivity index (χ3n) is 3.42. The molecule has 0 aromatic rings. The molecule has 0 spiro atoms. The van der Waals surface area contributed by atoms with Gasteiger partial charge in [0.05, 0.1) is 12.8 Å². The molecule has 100 valence electrons. The molecule has 0 unspecified atom stereocenters. The predicted molar refractivity (Wildman–Crippen MR) is 73.7 cm³/mol. The van der Waals surface area contributed by atoms with Gasteiger partial charge >= 0.3 is 0 Å². The molecule has 4 nitrogen and oxygen atoms in total. The summed E-state index contributed by atoms with van der Waals surface area (Å²) in [5.41, 5.74) is 10.4. The fourth-order valence-electron chi connectivity index (χ4n) is 2.44. The number of ether oxygens (including phenoxy) is 1. The third kappa shape index (κ3) is 3.62. The summed E-state index contributed by atoms with van der Waals surface area (Å²) >= 11 is 0. The van der Waals surface area contributed by atoms with E-state index < -0.39 is 0 Å². The van der Waals surface area contributed by atoms with Crippen LogP contribution in [0.2, 0.25) is 0 Å². The molecular formula is C13H20ClN3O. The number of hydrogen-bond acceptors (Lipinski definition) is 2. The SMILES string of the molecule is COC1=C(NC2CCCCC2)C=CC(=[N+]=[N-])C1.Cl. The Labute approximate surface area is 114 Å². The first-order chi connectivity index (χ1) is 8.33. The van der Waals surface area contributed by atoms with E-state index >= 15 is 0 Å². The summed E-state index contributed by atoms with van der Waals surface area (Å²) < 4.78 is 5.35. The fraction of sp³-hybridized carbons (Fsp3) is 0.615. The summed E-state index contributed by atoms with van der Waals surface area (Å²) in [5, 5.41) is 3.53. The molecule has 2 rings (SSSR count). The lowest BCUT2D eigenvalue weighted by molar-refractivity contribution is -0.00671. The van der Waals surface area contributed by atoms with E-state index in [-0.39, 0.29) is 12.4 Å². The highest BCUT2D eigenvalue weighted by Gasteiger charge is 2.21. The fourth-order valence-corrected chi connectivity index (χ4v) is 2.44. The van der Waals surface area contributed by atoms with E-state index in [0.717, 1.165) is 11.5 Å². The van der Waals surface area contributed by atoms with Gasteiger partial charge in [-0.05, 0) is 18.9 Å². The first-order valence-electron chi connectivity index (χ1n) is 6.26. The quantitative estimate of drug-likeness (QED) is 0.633. The lowest BCUT2D eigenvalue weighted by Crippen LogP contribution is -2.31. The molecule has 0 amide bonds. The van der Waals surface area contributed by atoms with Crippen LogP contribution in [0.25, 0.3) is 5.53 Å². The standard InChI is InChI=1S/C13H19N3O.ClH/c1-17-13-9-11(16-14)7-8-12(13)15-10-5-3-2-4-6-10;/h7-8,10,15H,2-6,9H2,1H3;1H. The number of nitrogens with zero attached hydrogens (tertiary/aromatic N) is 2. The normalized spacial score (nSPS) is 20.2. The Morgan fingerprint density at radius 3 is 2.61 bits per heavy atom. The molecule has 18 heavy (non-hydrogen) atoms. The van der Waals surface area contributed by atoms with Crippen molar-refractivity contribution in [3.8, 4) is 0 Å². The summed E-state index contributed by atoms with van der Waals surface area (Å²) in [6.45, 7) is 0. The van der Waals surface area contributed by atoms with Crippen molar-refractivity contribution >= 4 is 18.1 Å². The van der Waals surface area contributed by atoms with Crippen LogP contribution in [0.1, 0.15) is 38.5 Å². The maximum absolute atomic E-state index is 8.75. The van der Waals surface area contributed by atoms with Crippen LogP contribution >= 0.6 is 12.4 Å². The van der Waals surface area contributed by atoms with Crippen LogP contribution in [-0.2, 0) is 4.74 Å². The maximum Gasteiger partial charge on any atom is 0.299 e. The van der Waals surface area contributed by atoms with Crippen LogP contribution in [0, 0.1) is 0 Å². The minimum Gasteiger partial charge on any atom is -0.498 e. The molecule has 0 heterocycles. The molecule has 2 aliphatic carbocycles. The molecule has 0 atom stereocenters. The van der Waals surface area contributed by atoms with Crippen molar-refractivity contribution in [3.63, 3.8) is 0 Å². The summed E-state index contributed by atoms with van der Waals surface area (Å²) in [6.07, 6.45) is 10.7. The Morgan fingerprint density at radius 1 is 1.28 bits per heavy atom. The van der Waals surface area contributed by atoms with Gasteiger partial charge in [-0.3, -0.25) is 0 Å². The summed E-state index contributed by atoms with van der Waals surface area (Å²) in [7, 11) is 1.66. The molecule has 1 saturated carbocycles. The topological polar surface area (TPSA) is 57.7 Å². The predicted octanol–water partition coefficient (Wildman–Crippen LogP) is 2.82. The second-order valence-electron chi connectivity index (χ2n) is 4.62. The lowest BCUT2D eigenvalue weighted by atomic mass is 9.95. The van der Waals surface area contributed by atoms with Gasteiger partial charge in [-0.2, -0.15) is 4.79 Å². The van der Waals surface area contributed by atoms with Gasteiger partial charge in [0.2, 0.25) is 0 Å². The summed E-state index contributed by atoms with van der Waals surface area (Å²) in [4.78, 5) is 3.21. The van der Waals surface area contributed by atoms with Gasteiger partial charge in [-0.1, -0.05) is 19.3 Å². The Morgan fingerprint density at radius 2 is 2.00 bits per heavy atom. The van der Waals surface area contributed by atoms with Gasteiger partial charge in [-0.15, -0.1) is 12.4 Å². The van der Waals surface area contributed by atoms with Crippen LogP contribution in [0.4, 0.5) is 0 Å². The summed E-state index contributed by atoms with van der Waals surface area (Å²) in [5.74, 6) is 0.853. The molecule has 0 saturated heterocycles. The number of nitrogens with one attached hydrogen (secondary N) is 1. The Hall–Kier alpha value is -1.25. The molecule has 0 aromatic heterocycles. The maximum atomic E-state index is 8.75. The highest BCUT2D eigenvalue weighted by molar-refractivity contribution is 5.93. The van der Waals surface area contributed by atoms with Crippen LogP contribution in [0.15, 0.2) is 23.6 Å². The Kier molecular flexibility index (Phi) is 5.96. The van der Waals surface area contributed by atoms with E-state index in [4.69, 9.17) is 10.3 Å². The Balaban J connectivity index is 0.00000162. The zero-order chi connectivity index (χ0) is 12.1. The largest absolute Gasteiger partial charge is 0.498 e. The van der Waals surface area contributed by atoms with E-state index in [1.165, 1.54) is 32.1 Å². The molecule has 5 heteroatoms. The third-order valence-corrected chi connectivity index (χ3v) is 3.42. The first kappa shape index (κ1) is 14.8. The number of methoxy groups -OCH3 is 1. The molecule has 0 aromatic carbocycles. The number of allylic oxidation sites excluding steroid dienone is 3. The first-order valence-corrected chi connectivity index (χ1v) is 6.26. The second-order valence-corrected chi connectivity index (χ2v) is 4.62. The molecule has 0 aliphatic heterocycles. The number of halogens is 1. The molecule has 0 bridgehead atoms. The average Bonchev–Trinajstić information content (AvgIpc) is 2.40. The lowest BCUT2D eigenvalue weighted by Gasteiger charge is -2.26. The molecule has 2 aliphatic rings. The zero-order valence-corrected chi connectivity index (χ0v) is 11.5. The van der Waals surface area contributed by atoms with Crippen LogP contribution < -0.4 is 5.32 Å². The van der Waals surface area contributed by atoms with E-state index in [1.54, 1.807) is 7.11 Å². The van der Waals surface area contributed by atoms with Gasteiger partial charge in [0.15, 0.2) is 0 Å². The van der Waals surface area contributed by atoms with Crippen molar-refractivity contribution < 1.29 is 9.53 Å². The minimum atomic E-state index is 0. The van der Waals surface area contributed by atoms with Crippen molar-refractivity contribution in [1.82, 2.24) is 5.32 Å². The van der Waals surface area contributed by atoms with Gasteiger partial charge in [-0.25, -0.2) is 0 Å². The molecule has 1 N–H and O–H groups in total. The minimum absolute atomic E-state index is 0. The number of hydrogen-bond donors (Lipinski definition) is 1. The van der Waals surface area contributed by atoms with E-state index in [0.29, 0.717) is 18.2 Å². The molecule has 0 radical (unpaired) electrons. The molecular weight excluding hydrogens is 250 g/mol. The van der Waals surface area contributed by atoms with Crippen molar-refractivity contribution in [2.45, 2.75) is 44.6 Å². The molecule has 1 fully saturated rings. The average molecular weight is 270 g/mol. The number of rotatable bonds is 3. The van der Waals surface area contributed by atoms with Gasteiger partial charge in [0.25, 0.3) is 5.71 Å². The van der Waals surface area contributed by atoms with Crippen molar-refractivity contribution in [2.75, 3.05) is 7.11 Å². The monoisotopic (exact) mass is 269 g/mol.